The van der Waals surface area contributed by atoms with Crippen molar-refractivity contribution in [3.63, 3.8) is 0 Å². The Kier molecular flexibility index (Phi) is 9.18. The molecule has 0 heterocycles. The average molecular weight is 213 g/mol. The second kappa shape index (κ2) is 9.21. The van der Waals surface area contributed by atoms with Crippen LogP contribution in [0.2, 0.25) is 0 Å². The van der Waals surface area contributed by atoms with Crippen LogP contribution in [0.4, 0.5) is 0 Å². The van der Waals surface area contributed by atoms with Crippen molar-refractivity contribution >= 4 is 0 Å². The molecule has 1 nitrogen and oxygen atoms in total. The van der Waals surface area contributed by atoms with E-state index in [0.29, 0.717) is 6.04 Å². The van der Waals surface area contributed by atoms with Crippen LogP contribution in [-0.4, -0.2) is 6.04 Å². The van der Waals surface area contributed by atoms with Crippen molar-refractivity contribution in [2.45, 2.75) is 78.7 Å². The quantitative estimate of drug-likeness (QED) is 0.605. The number of hydrogen-bond acceptors (Lipinski definition) is 1. The molecule has 0 spiro atoms. The lowest BCUT2D eigenvalue weighted by atomic mass is 9.85. The van der Waals surface area contributed by atoms with Crippen LogP contribution in [0.25, 0.3) is 0 Å². The lowest BCUT2D eigenvalue weighted by molar-refractivity contribution is 0.306. The molecule has 92 valence electrons. The Hall–Kier alpha value is -0.0400. The lowest BCUT2D eigenvalue weighted by Gasteiger charge is -2.25. The predicted octanol–water partition coefficient (Wildman–Crippen LogP) is 4.36. The van der Waals surface area contributed by atoms with Crippen LogP contribution >= 0.6 is 0 Å². The van der Waals surface area contributed by atoms with Crippen LogP contribution in [0.15, 0.2) is 0 Å². The van der Waals surface area contributed by atoms with Crippen LogP contribution in [-0.2, 0) is 0 Å². The average Bonchev–Trinajstić information content (AvgIpc) is 2.17. The molecular weight excluding hydrogens is 182 g/mol. The highest BCUT2D eigenvalue weighted by Gasteiger charge is 2.18. The maximum absolute atomic E-state index is 6.32. The van der Waals surface area contributed by atoms with Crippen molar-refractivity contribution < 1.29 is 0 Å². The highest BCUT2D eigenvalue weighted by Crippen LogP contribution is 2.22. The number of hydrogen-bond donors (Lipinski definition) is 1. The summed E-state index contributed by atoms with van der Waals surface area (Å²) in [5.41, 5.74) is 6.32. The Labute approximate surface area is 96.8 Å². The molecule has 2 N–H and O–H groups in total. The van der Waals surface area contributed by atoms with Gasteiger partial charge in [0, 0.05) is 6.04 Å². The maximum atomic E-state index is 6.32. The normalized spacial score (nSPS) is 15.6. The largest absolute Gasteiger partial charge is 0.327 e. The van der Waals surface area contributed by atoms with Crippen LogP contribution in [0.3, 0.4) is 0 Å². The van der Waals surface area contributed by atoms with Crippen LogP contribution in [0.5, 0.6) is 0 Å². The third-order valence-corrected chi connectivity index (χ3v) is 3.38. The molecule has 0 aromatic rings. The van der Waals surface area contributed by atoms with Crippen LogP contribution in [0.1, 0.15) is 72.6 Å². The fraction of sp³-hybridized carbons (Fsp3) is 1.00. The molecule has 0 aliphatic carbocycles. The van der Waals surface area contributed by atoms with E-state index in [0.717, 1.165) is 11.8 Å². The molecule has 2 atom stereocenters. The van der Waals surface area contributed by atoms with Crippen molar-refractivity contribution in [1.29, 1.82) is 0 Å². The van der Waals surface area contributed by atoms with Gasteiger partial charge < -0.3 is 5.73 Å². The predicted molar refractivity (Wildman–Crippen MR) is 70.0 cm³/mol. The van der Waals surface area contributed by atoms with Gasteiger partial charge in [-0.1, -0.05) is 53.4 Å². The third-order valence-electron chi connectivity index (χ3n) is 3.38. The summed E-state index contributed by atoms with van der Waals surface area (Å²) in [6.07, 6.45) is 9.03. The molecule has 0 fully saturated rings. The van der Waals surface area contributed by atoms with E-state index in [-0.39, 0.29) is 0 Å². The standard InChI is InChI=1S/C14H31N/c1-5-8-12(4)11-14(15)13(9-6-2)10-7-3/h12-14H,5-11,15H2,1-4H3. The van der Waals surface area contributed by atoms with Crippen molar-refractivity contribution in [3.8, 4) is 0 Å². The van der Waals surface area contributed by atoms with E-state index in [9.17, 15) is 0 Å². The highest BCUT2D eigenvalue weighted by molar-refractivity contribution is 4.74. The summed E-state index contributed by atoms with van der Waals surface area (Å²) in [7, 11) is 0. The van der Waals surface area contributed by atoms with Gasteiger partial charge in [0.25, 0.3) is 0 Å². The third kappa shape index (κ3) is 6.94. The first-order valence-electron chi connectivity index (χ1n) is 6.91. The van der Waals surface area contributed by atoms with Crippen molar-refractivity contribution in [3.05, 3.63) is 0 Å². The van der Waals surface area contributed by atoms with Gasteiger partial charge in [0.15, 0.2) is 0 Å². The molecule has 0 aliphatic heterocycles. The second-order valence-corrected chi connectivity index (χ2v) is 5.13. The summed E-state index contributed by atoms with van der Waals surface area (Å²) >= 11 is 0. The Balaban J connectivity index is 3.93. The molecule has 0 bridgehead atoms. The fourth-order valence-electron chi connectivity index (χ4n) is 2.58. The Morgan fingerprint density at radius 3 is 1.73 bits per heavy atom. The summed E-state index contributed by atoms with van der Waals surface area (Å²) in [5.74, 6) is 1.57. The fourth-order valence-corrected chi connectivity index (χ4v) is 2.58. The molecule has 0 amide bonds. The zero-order chi connectivity index (χ0) is 11.7. The zero-order valence-corrected chi connectivity index (χ0v) is 11.3. The molecule has 15 heavy (non-hydrogen) atoms. The lowest BCUT2D eigenvalue weighted by Crippen LogP contribution is -2.31. The SMILES string of the molecule is CCCC(C)CC(N)C(CCC)CCC. The first kappa shape index (κ1) is 15.0. The molecule has 0 radical (unpaired) electrons. The van der Waals surface area contributed by atoms with E-state index in [1.54, 1.807) is 0 Å². The molecule has 0 aliphatic rings. The van der Waals surface area contributed by atoms with Crippen molar-refractivity contribution in [2.75, 3.05) is 0 Å². The minimum atomic E-state index is 0.437. The summed E-state index contributed by atoms with van der Waals surface area (Å²) in [5, 5.41) is 0. The van der Waals surface area contributed by atoms with E-state index in [4.69, 9.17) is 5.73 Å². The number of nitrogens with two attached hydrogens (primary N) is 1. The second-order valence-electron chi connectivity index (χ2n) is 5.13. The molecule has 0 aromatic heterocycles. The molecule has 0 aromatic carbocycles. The van der Waals surface area contributed by atoms with Gasteiger partial charge >= 0.3 is 0 Å². The first-order valence-corrected chi connectivity index (χ1v) is 6.91. The van der Waals surface area contributed by atoms with E-state index in [1.165, 1.54) is 44.9 Å². The van der Waals surface area contributed by atoms with E-state index in [2.05, 4.69) is 27.7 Å². The summed E-state index contributed by atoms with van der Waals surface area (Å²) < 4.78 is 0. The van der Waals surface area contributed by atoms with Gasteiger partial charge in [-0.25, -0.2) is 0 Å². The Bertz CT molecular complexity index is 127. The van der Waals surface area contributed by atoms with Gasteiger partial charge in [0.2, 0.25) is 0 Å². The molecule has 1 heteroatoms. The zero-order valence-electron chi connectivity index (χ0n) is 11.3. The summed E-state index contributed by atoms with van der Waals surface area (Å²) in [6, 6.07) is 0.437. The van der Waals surface area contributed by atoms with Gasteiger partial charge in [-0.3, -0.25) is 0 Å². The van der Waals surface area contributed by atoms with Crippen LogP contribution in [0, 0.1) is 11.8 Å². The maximum Gasteiger partial charge on any atom is 0.00696 e. The van der Waals surface area contributed by atoms with Gasteiger partial charge in [-0.2, -0.15) is 0 Å². The topological polar surface area (TPSA) is 26.0 Å². The molecule has 2 unspecified atom stereocenters. The van der Waals surface area contributed by atoms with E-state index >= 15 is 0 Å². The monoisotopic (exact) mass is 213 g/mol. The Morgan fingerprint density at radius 2 is 1.33 bits per heavy atom. The van der Waals surface area contributed by atoms with Crippen molar-refractivity contribution in [2.24, 2.45) is 17.6 Å². The smallest absolute Gasteiger partial charge is 0.00696 e. The minimum Gasteiger partial charge on any atom is -0.327 e. The van der Waals surface area contributed by atoms with E-state index in [1.807, 2.05) is 0 Å². The molecule has 0 saturated heterocycles. The van der Waals surface area contributed by atoms with E-state index < -0.39 is 0 Å². The highest BCUT2D eigenvalue weighted by atomic mass is 14.6. The molecule has 0 rings (SSSR count). The summed E-state index contributed by atoms with van der Waals surface area (Å²) in [6.45, 7) is 9.14. The van der Waals surface area contributed by atoms with Gasteiger partial charge in [-0.15, -0.1) is 0 Å². The Morgan fingerprint density at radius 1 is 0.867 bits per heavy atom. The van der Waals surface area contributed by atoms with Crippen LogP contribution < -0.4 is 5.73 Å². The molecule has 0 saturated carbocycles. The summed E-state index contributed by atoms with van der Waals surface area (Å²) in [4.78, 5) is 0. The van der Waals surface area contributed by atoms with Gasteiger partial charge in [0.05, 0.1) is 0 Å². The first-order chi connectivity index (χ1) is 7.15. The van der Waals surface area contributed by atoms with Crippen molar-refractivity contribution in [1.82, 2.24) is 0 Å². The van der Waals surface area contributed by atoms with Gasteiger partial charge in [0.1, 0.15) is 0 Å². The number of rotatable bonds is 9. The van der Waals surface area contributed by atoms with Gasteiger partial charge in [-0.05, 0) is 31.1 Å². The minimum absolute atomic E-state index is 0.437. The molecular formula is C14H31N.